The number of rotatable bonds is 6. The van der Waals surface area contributed by atoms with Gasteiger partial charge in [0.05, 0.1) is 11.3 Å². The van der Waals surface area contributed by atoms with E-state index in [0.29, 0.717) is 25.1 Å². The number of sulfone groups is 1. The van der Waals surface area contributed by atoms with Crippen molar-refractivity contribution in [1.29, 1.82) is 0 Å². The summed E-state index contributed by atoms with van der Waals surface area (Å²) in [5, 5.41) is 2.70. The molecule has 0 bridgehead atoms. The minimum Gasteiger partial charge on any atom is -0.356 e. The van der Waals surface area contributed by atoms with Crippen molar-refractivity contribution in [2.45, 2.75) is 17.7 Å². The summed E-state index contributed by atoms with van der Waals surface area (Å²) in [5.74, 6) is -0.195. The van der Waals surface area contributed by atoms with Crippen molar-refractivity contribution in [2.24, 2.45) is 5.73 Å². The van der Waals surface area contributed by atoms with E-state index in [9.17, 15) is 13.2 Å². The molecular weight excluding hydrogens is 252 g/mol. The maximum absolute atomic E-state index is 11.6. The van der Waals surface area contributed by atoms with Gasteiger partial charge in [0.15, 0.2) is 9.84 Å². The van der Waals surface area contributed by atoms with Gasteiger partial charge in [-0.1, -0.05) is 18.2 Å². The van der Waals surface area contributed by atoms with Crippen LogP contribution in [0.15, 0.2) is 29.2 Å². The van der Waals surface area contributed by atoms with Crippen molar-refractivity contribution in [1.82, 2.24) is 5.32 Å². The van der Waals surface area contributed by atoms with Crippen LogP contribution in [0.2, 0.25) is 0 Å². The molecule has 0 aliphatic rings. The zero-order valence-electron chi connectivity index (χ0n) is 10.3. The monoisotopic (exact) mass is 270 g/mol. The van der Waals surface area contributed by atoms with Crippen LogP contribution in [0.25, 0.3) is 0 Å². The normalized spacial score (nSPS) is 11.2. The Labute approximate surface area is 107 Å². The predicted molar refractivity (Wildman–Crippen MR) is 69.9 cm³/mol. The van der Waals surface area contributed by atoms with Crippen LogP contribution in [0, 0.1) is 0 Å². The van der Waals surface area contributed by atoms with Gasteiger partial charge in [-0.05, 0) is 24.6 Å². The molecule has 18 heavy (non-hydrogen) atoms. The van der Waals surface area contributed by atoms with Gasteiger partial charge in [0, 0.05) is 12.8 Å². The molecule has 0 atom stereocenters. The lowest BCUT2D eigenvalue weighted by molar-refractivity contribution is -0.120. The summed E-state index contributed by atoms with van der Waals surface area (Å²) in [4.78, 5) is 11.8. The quantitative estimate of drug-likeness (QED) is 0.717. The van der Waals surface area contributed by atoms with Crippen LogP contribution in [-0.2, 0) is 21.1 Å². The van der Waals surface area contributed by atoms with Gasteiger partial charge in [0.1, 0.15) is 0 Å². The Balaban J connectivity index is 2.76. The molecule has 0 spiro atoms. The van der Waals surface area contributed by atoms with Crippen LogP contribution in [0.1, 0.15) is 12.0 Å². The van der Waals surface area contributed by atoms with E-state index < -0.39 is 9.84 Å². The zero-order chi connectivity index (χ0) is 13.6. The summed E-state index contributed by atoms with van der Waals surface area (Å²) in [5.41, 5.74) is 5.84. The van der Waals surface area contributed by atoms with Crippen LogP contribution < -0.4 is 11.1 Å². The van der Waals surface area contributed by atoms with Gasteiger partial charge >= 0.3 is 0 Å². The third kappa shape index (κ3) is 4.46. The topological polar surface area (TPSA) is 89.3 Å². The third-order valence-corrected chi connectivity index (χ3v) is 3.62. The molecule has 5 nitrogen and oxygen atoms in total. The molecule has 1 aromatic carbocycles. The molecule has 0 heterocycles. The standard InChI is InChI=1S/C12H18N2O3S/c1-18(16,17)11-6-3-2-5-10(11)9-12(15)14-8-4-7-13/h2-3,5-6H,4,7-9,13H2,1H3,(H,14,15). The van der Waals surface area contributed by atoms with Crippen LogP contribution in [0.4, 0.5) is 0 Å². The average molecular weight is 270 g/mol. The molecule has 0 saturated carbocycles. The molecule has 0 aliphatic carbocycles. The molecule has 3 N–H and O–H groups in total. The van der Waals surface area contributed by atoms with Crippen molar-refractivity contribution in [3.8, 4) is 0 Å². The molecule has 0 aromatic heterocycles. The van der Waals surface area contributed by atoms with E-state index in [4.69, 9.17) is 5.73 Å². The smallest absolute Gasteiger partial charge is 0.224 e. The summed E-state index contributed by atoms with van der Waals surface area (Å²) < 4.78 is 23.1. The van der Waals surface area contributed by atoms with Gasteiger partial charge in [0.2, 0.25) is 5.91 Å². The minimum absolute atomic E-state index is 0.0633. The number of nitrogens with two attached hydrogens (primary N) is 1. The molecule has 1 rings (SSSR count). The Morgan fingerprint density at radius 2 is 2.00 bits per heavy atom. The highest BCUT2D eigenvalue weighted by atomic mass is 32.2. The van der Waals surface area contributed by atoms with E-state index in [1.54, 1.807) is 18.2 Å². The number of carbonyl (C=O) groups excluding carboxylic acids is 1. The van der Waals surface area contributed by atoms with Crippen molar-refractivity contribution in [2.75, 3.05) is 19.3 Å². The largest absolute Gasteiger partial charge is 0.356 e. The molecule has 0 unspecified atom stereocenters. The average Bonchev–Trinajstić information content (AvgIpc) is 2.28. The van der Waals surface area contributed by atoms with E-state index in [-0.39, 0.29) is 17.2 Å². The van der Waals surface area contributed by atoms with E-state index in [1.807, 2.05) is 0 Å². The molecule has 1 aromatic rings. The first kappa shape index (κ1) is 14.7. The SMILES string of the molecule is CS(=O)(=O)c1ccccc1CC(=O)NCCCN. The fraction of sp³-hybridized carbons (Fsp3) is 0.417. The van der Waals surface area contributed by atoms with Crippen LogP contribution >= 0.6 is 0 Å². The maximum Gasteiger partial charge on any atom is 0.224 e. The number of carbonyl (C=O) groups is 1. The molecule has 0 aliphatic heterocycles. The molecule has 0 fully saturated rings. The highest BCUT2D eigenvalue weighted by molar-refractivity contribution is 7.90. The molecule has 1 amide bonds. The van der Waals surface area contributed by atoms with Gasteiger partial charge in [0.25, 0.3) is 0 Å². The summed E-state index contributed by atoms with van der Waals surface area (Å²) in [6.07, 6.45) is 1.91. The van der Waals surface area contributed by atoms with Gasteiger partial charge in [-0.25, -0.2) is 8.42 Å². The van der Waals surface area contributed by atoms with Gasteiger partial charge in [-0.15, -0.1) is 0 Å². The van der Waals surface area contributed by atoms with E-state index in [0.717, 1.165) is 6.26 Å². The Morgan fingerprint density at radius 1 is 1.33 bits per heavy atom. The number of benzene rings is 1. The van der Waals surface area contributed by atoms with Crippen LogP contribution in [0.3, 0.4) is 0 Å². The van der Waals surface area contributed by atoms with E-state index >= 15 is 0 Å². The zero-order valence-corrected chi connectivity index (χ0v) is 11.2. The third-order valence-electron chi connectivity index (χ3n) is 2.43. The van der Waals surface area contributed by atoms with Crippen LogP contribution in [0.5, 0.6) is 0 Å². The maximum atomic E-state index is 11.6. The van der Waals surface area contributed by atoms with Gasteiger partial charge in [-0.2, -0.15) is 0 Å². The molecule has 0 radical (unpaired) electrons. The second-order valence-electron chi connectivity index (χ2n) is 4.05. The lowest BCUT2D eigenvalue weighted by Gasteiger charge is -2.08. The Bertz CT molecular complexity index is 512. The lowest BCUT2D eigenvalue weighted by Crippen LogP contribution is -2.27. The van der Waals surface area contributed by atoms with Crippen molar-refractivity contribution < 1.29 is 13.2 Å². The molecule has 0 saturated heterocycles. The Morgan fingerprint density at radius 3 is 2.61 bits per heavy atom. The first-order valence-corrected chi connectivity index (χ1v) is 7.59. The first-order valence-electron chi connectivity index (χ1n) is 5.70. The van der Waals surface area contributed by atoms with E-state index in [1.165, 1.54) is 6.07 Å². The van der Waals surface area contributed by atoms with E-state index in [2.05, 4.69) is 5.32 Å². The second kappa shape index (κ2) is 6.51. The highest BCUT2D eigenvalue weighted by Gasteiger charge is 2.14. The predicted octanol–water partition coefficient (Wildman–Crippen LogP) is 0.0976. The molecule has 100 valence electrons. The summed E-state index contributed by atoms with van der Waals surface area (Å²) in [6.45, 7) is 1.02. The Hall–Kier alpha value is -1.40. The number of hydrogen-bond donors (Lipinski definition) is 2. The fourth-order valence-corrected chi connectivity index (χ4v) is 2.52. The summed E-state index contributed by atoms with van der Waals surface area (Å²) in [6, 6.07) is 6.53. The first-order chi connectivity index (χ1) is 8.45. The van der Waals surface area contributed by atoms with Crippen LogP contribution in [-0.4, -0.2) is 33.7 Å². The van der Waals surface area contributed by atoms with Gasteiger partial charge < -0.3 is 11.1 Å². The fourth-order valence-electron chi connectivity index (χ4n) is 1.58. The van der Waals surface area contributed by atoms with Crippen molar-refractivity contribution in [3.05, 3.63) is 29.8 Å². The van der Waals surface area contributed by atoms with Crippen molar-refractivity contribution in [3.63, 3.8) is 0 Å². The lowest BCUT2D eigenvalue weighted by atomic mass is 10.1. The summed E-state index contributed by atoms with van der Waals surface area (Å²) >= 11 is 0. The number of amides is 1. The molecular formula is C12H18N2O3S. The summed E-state index contributed by atoms with van der Waals surface area (Å²) in [7, 11) is -3.30. The van der Waals surface area contributed by atoms with Gasteiger partial charge in [-0.3, -0.25) is 4.79 Å². The minimum atomic E-state index is -3.30. The molecule has 6 heteroatoms. The Kier molecular flexibility index (Phi) is 5.30. The number of nitrogens with one attached hydrogen (secondary N) is 1. The second-order valence-corrected chi connectivity index (χ2v) is 6.03. The highest BCUT2D eigenvalue weighted by Crippen LogP contribution is 2.15. The van der Waals surface area contributed by atoms with Crippen molar-refractivity contribution >= 4 is 15.7 Å². The number of hydrogen-bond acceptors (Lipinski definition) is 4.